The van der Waals surface area contributed by atoms with E-state index in [-0.39, 0.29) is 5.69 Å². The summed E-state index contributed by atoms with van der Waals surface area (Å²) in [6.07, 6.45) is 3.83. The SMILES string of the molecule is Cc1cccn2cc(CSc3nc4ccccc4c(=O)n3-c3ccc(F)cc3F)nc12. The molecule has 0 aliphatic heterocycles. The lowest BCUT2D eigenvalue weighted by Gasteiger charge is -2.13. The van der Waals surface area contributed by atoms with E-state index in [0.717, 1.165) is 29.0 Å². The standard InChI is InChI=1S/C23H16F2N4OS/c1-14-5-4-10-28-12-16(26-21(14)28)13-31-23-27-19-7-3-2-6-17(19)22(30)29(23)20-9-8-15(24)11-18(20)25/h2-12H,13H2,1H3. The molecule has 0 spiro atoms. The van der Waals surface area contributed by atoms with Crippen molar-refractivity contribution in [1.82, 2.24) is 18.9 Å². The van der Waals surface area contributed by atoms with Crippen molar-refractivity contribution in [2.24, 2.45) is 0 Å². The van der Waals surface area contributed by atoms with Gasteiger partial charge in [0.2, 0.25) is 0 Å². The molecule has 5 aromatic rings. The van der Waals surface area contributed by atoms with E-state index in [2.05, 4.69) is 9.97 Å². The minimum atomic E-state index is -0.829. The lowest BCUT2D eigenvalue weighted by molar-refractivity contribution is 0.572. The van der Waals surface area contributed by atoms with Crippen LogP contribution in [0.1, 0.15) is 11.3 Å². The predicted octanol–water partition coefficient (Wildman–Crippen LogP) is 4.91. The Balaban J connectivity index is 1.62. The first-order valence-electron chi connectivity index (χ1n) is 9.54. The van der Waals surface area contributed by atoms with E-state index in [1.807, 2.05) is 35.9 Å². The molecule has 0 aliphatic carbocycles. The van der Waals surface area contributed by atoms with Crippen molar-refractivity contribution in [3.8, 4) is 5.69 Å². The molecule has 154 valence electrons. The number of aromatic nitrogens is 4. The Morgan fingerprint density at radius 1 is 1.03 bits per heavy atom. The van der Waals surface area contributed by atoms with Gasteiger partial charge in [-0.1, -0.05) is 30.0 Å². The van der Waals surface area contributed by atoms with Gasteiger partial charge < -0.3 is 4.40 Å². The van der Waals surface area contributed by atoms with Crippen molar-refractivity contribution in [2.45, 2.75) is 17.8 Å². The fraction of sp³-hybridized carbons (Fsp3) is 0.0870. The number of benzene rings is 2. The van der Waals surface area contributed by atoms with Crippen LogP contribution in [0, 0.1) is 18.6 Å². The molecule has 0 unspecified atom stereocenters. The van der Waals surface area contributed by atoms with Crippen molar-refractivity contribution in [2.75, 3.05) is 0 Å². The van der Waals surface area contributed by atoms with Crippen LogP contribution in [0.25, 0.3) is 22.2 Å². The molecule has 5 nitrogen and oxygen atoms in total. The van der Waals surface area contributed by atoms with Crippen molar-refractivity contribution < 1.29 is 8.78 Å². The molecular weight excluding hydrogens is 418 g/mol. The molecule has 0 aliphatic rings. The van der Waals surface area contributed by atoms with Gasteiger partial charge in [0.15, 0.2) is 5.16 Å². The van der Waals surface area contributed by atoms with Gasteiger partial charge in [0.25, 0.3) is 5.56 Å². The topological polar surface area (TPSA) is 52.2 Å². The second kappa shape index (κ2) is 7.63. The van der Waals surface area contributed by atoms with Gasteiger partial charge in [0, 0.05) is 24.2 Å². The highest BCUT2D eigenvalue weighted by Gasteiger charge is 2.17. The third-order valence-electron chi connectivity index (χ3n) is 4.97. The molecule has 0 atom stereocenters. The Morgan fingerprint density at radius 2 is 1.87 bits per heavy atom. The summed E-state index contributed by atoms with van der Waals surface area (Å²) in [6.45, 7) is 1.99. The number of fused-ring (bicyclic) bond motifs is 2. The van der Waals surface area contributed by atoms with Gasteiger partial charge in [-0.15, -0.1) is 0 Å². The number of hydrogen-bond donors (Lipinski definition) is 0. The molecular formula is C23H16F2N4OS. The first kappa shape index (κ1) is 19.4. The van der Waals surface area contributed by atoms with E-state index in [1.165, 1.54) is 22.4 Å². The second-order valence-electron chi connectivity index (χ2n) is 7.09. The molecule has 31 heavy (non-hydrogen) atoms. The normalized spacial score (nSPS) is 11.5. The van der Waals surface area contributed by atoms with Crippen LogP contribution in [0.15, 0.2) is 76.9 Å². The van der Waals surface area contributed by atoms with Gasteiger partial charge in [0.05, 0.1) is 22.3 Å². The van der Waals surface area contributed by atoms with Crippen LogP contribution in [-0.4, -0.2) is 18.9 Å². The van der Waals surface area contributed by atoms with Crippen molar-refractivity contribution >= 4 is 28.3 Å². The van der Waals surface area contributed by atoms with E-state index >= 15 is 0 Å². The van der Waals surface area contributed by atoms with E-state index in [1.54, 1.807) is 24.3 Å². The van der Waals surface area contributed by atoms with Crippen LogP contribution in [0.5, 0.6) is 0 Å². The summed E-state index contributed by atoms with van der Waals surface area (Å²) in [5.74, 6) is -1.11. The van der Waals surface area contributed by atoms with Crippen LogP contribution < -0.4 is 5.56 Å². The lowest BCUT2D eigenvalue weighted by Crippen LogP contribution is -2.22. The maximum atomic E-state index is 14.6. The highest BCUT2D eigenvalue weighted by molar-refractivity contribution is 7.98. The highest BCUT2D eigenvalue weighted by atomic mass is 32.2. The summed E-state index contributed by atoms with van der Waals surface area (Å²) in [6, 6.07) is 14.0. The van der Waals surface area contributed by atoms with E-state index in [9.17, 15) is 13.6 Å². The van der Waals surface area contributed by atoms with Crippen LogP contribution in [0.4, 0.5) is 8.78 Å². The first-order chi connectivity index (χ1) is 15.0. The smallest absolute Gasteiger partial charge is 0.266 e. The average molecular weight is 434 g/mol. The van der Waals surface area contributed by atoms with Crippen molar-refractivity contribution in [1.29, 1.82) is 0 Å². The largest absolute Gasteiger partial charge is 0.307 e. The van der Waals surface area contributed by atoms with Gasteiger partial charge in [-0.05, 0) is 42.8 Å². The summed E-state index contributed by atoms with van der Waals surface area (Å²) in [5.41, 5.74) is 2.76. The van der Waals surface area contributed by atoms with E-state index < -0.39 is 17.2 Å². The monoisotopic (exact) mass is 434 g/mol. The van der Waals surface area contributed by atoms with Crippen LogP contribution in [0.2, 0.25) is 0 Å². The zero-order valence-electron chi connectivity index (χ0n) is 16.4. The van der Waals surface area contributed by atoms with Gasteiger partial charge in [-0.2, -0.15) is 0 Å². The number of aryl methyl sites for hydroxylation is 1. The Morgan fingerprint density at radius 3 is 2.68 bits per heavy atom. The maximum Gasteiger partial charge on any atom is 0.266 e. The van der Waals surface area contributed by atoms with Gasteiger partial charge in [-0.25, -0.2) is 18.7 Å². The molecule has 2 aromatic carbocycles. The lowest BCUT2D eigenvalue weighted by atomic mass is 10.2. The number of rotatable bonds is 4. The number of hydrogen-bond acceptors (Lipinski definition) is 4. The summed E-state index contributed by atoms with van der Waals surface area (Å²) in [4.78, 5) is 22.5. The van der Waals surface area contributed by atoms with Gasteiger partial charge in [-0.3, -0.25) is 9.36 Å². The van der Waals surface area contributed by atoms with Crippen molar-refractivity contribution in [3.63, 3.8) is 0 Å². The number of pyridine rings is 1. The molecule has 8 heteroatoms. The molecule has 3 heterocycles. The number of nitrogens with zero attached hydrogens (tertiary/aromatic N) is 4. The van der Waals surface area contributed by atoms with Crippen LogP contribution in [-0.2, 0) is 5.75 Å². The molecule has 0 radical (unpaired) electrons. The molecule has 3 aromatic heterocycles. The molecule has 0 N–H and O–H groups in total. The zero-order valence-corrected chi connectivity index (χ0v) is 17.2. The number of thioether (sulfide) groups is 1. The average Bonchev–Trinajstić information content (AvgIpc) is 3.18. The Labute approximate surface area is 180 Å². The minimum Gasteiger partial charge on any atom is -0.307 e. The second-order valence-corrected chi connectivity index (χ2v) is 8.03. The third kappa shape index (κ3) is 3.48. The van der Waals surface area contributed by atoms with Crippen LogP contribution in [0.3, 0.4) is 0 Å². The molecule has 0 saturated heterocycles. The Bertz CT molecular complexity index is 1510. The third-order valence-corrected chi connectivity index (χ3v) is 5.94. The Hall–Kier alpha value is -3.52. The predicted molar refractivity (Wildman–Crippen MR) is 117 cm³/mol. The zero-order chi connectivity index (χ0) is 21.5. The van der Waals surface area contributed by atoms with Gasteiger partial charge >= 0.3 is 0 Å². The molecule has 0 bridgehead atoms. The quantitative estimate of drug-likeness (QED) is 0.298. The number of halogens is 2. The maximum absolute atomic E-state index is 14.6. The Kier molecular flexibility index (Phi) is 4.78. The summed E-state index contributed by atoms with van der Waals surface area (Å²) >= 11 is 1.27. The molecule has 5 rings (SSSR count). The summed E-state index contributed by atoms with van der Waals surface area (Å²) in [5, 5.41) is 0.668. The number of imidazole rings is 1. The van der Waals surface area contributed by atoms with E-state index in [4.69, 9.17) is 0 Å². The molecule has 0 saturated carbocycles. The molecule has 0 amide bonds. The summed E-state index contributed by atoms with van der Waals surface area (Å²) in [7, 11) is 0. The fourth-order valence-corrected chi connectivity index (χ4v) is 4.39. The minimum absolute atomic E-state index is 0.0435. The fourth-order valence-electron chi connectivity index (χ4n) is 3.50. The molecule has 0 fully saturated rings. The number of para-hydroxylation sites is 1. The van der Waals surface area contributed by atoms with Gasteiger partial charge in [0.1, 0.15) is 17.3 Å². The summed E-state index contributed by atoms with van der Waals surface area (Å²) < 4.78 is 31.2. The van der Waals surface area contributed by atoms with Crippen LogP contribution >= 0.6 is 11.8 Å². The first-order valence-corrected chi connectivity index (χ1v) is 10.5. The van der Waals surface area contributed by atoms with Crippen molar-refractivity contribution in [3.05, 3.63) is 100 Å². The van der Waals surface area contributed by atoms with E-state index in [0.29, 0.717) is 21.8 Å². The highest BCUT2D eigenvalue weighted by Crippen LogP contribution is 2.26.